The summed E-state index contributed by atoms with van der Waals surface area (Å²) in [7, 11) is 0. The van der Waals surface area contributed by atoms with Crippen LogP contribution >= 0.6 is 0 Å². The molecular weight excluding hydrogens is 214 g/mol. The Hall–Kier alpha value is -1.63. The van der Waals surface area contributed by atoms with E-state index in [9.17, 15) is 0 Å². The van der Waals surface area contributed by atoms with E-state index in [0.29, 0.717) is 6.01 Å². The SMILES string of the molecule is [C-]#[N+]C1CCC(Oc2ncc(CC)cn2)CC1. The Bertz CT molecular complexity index is 388. The molecule has 4 nitrogen and oxygen atoms in total. The van der Waals surface area contributed by atoms with E-state index in [-0.39, 0.29) is 12.1 Å². The van der Waals surface area contributed by atoms with Gasteiger partial charge in [0, 0.05) is 25.2 Å². The molecule has 0 saturated heterocycles. The van der Waals surface area contributed by atoms with Gasteiger partial charge in [0.25, 0.3) is 0 Å². The van der Waals surface area contributed by atoms with Gasteiger partial charge in [-0.05, 0) is 24.8 Å². The van der Waals surface area contributed by atoms with E-state index < -0.39 is 0 Å². The Morgan fingerprint density at radius 1 is 1.29 bits per heavy atom. The fourth-order valence-electron chi connectivity index (χ4n) is 2.03. The second kappa shape index (κ2) is 5.62. The second-order valence-corrected chi connectivity index (χ2v) is 4.40. The van der Waals surface area contributed by atoms with Crippen LogP contribution < -0.4 is 4.74 Å². The van der Waals surface area contributed by atoms with Gasteiger partial charge in [0.05, 0.1) is 0 Å². The summed E-state index contributed by atoms with van der Waals surface area (Å²) in [6.45, 7) is 9.06. The summed E-state index contributed by atoms with van der Waals surface area (Å²) in [5.74, 6) is 0. The number of rotatable bonds is 3. The van der Waals surface area contributed by atoms with Crippen LogP contribution in [0.4, 0.5) is 0 Å². The minimum atomic E-state index is 0.181. The normalized spacial score (nSPS) is 24.0. The standard InChI is InChI=1S/C13H17N3O/c1-3-10-8-15-13(16-9-10)17-12-6-4-11(14-2)5-7-12/h8-9,11-12H,3-7H2,1H3. The van der Waals surface area contributed by atoms with Crippen molar-refractivity contribution in [2.24, 2.45) is 0 Å². The van der Waals surface area contributed by atoms with Gasteiger partial charge < -0.3 is 9.58 Å². The molecule has 0 amide bonds. The van der Waals surface area contributed by atoms with Gasteiger partial charge in [-0.3, -0.25) is 0 Å². The van der Waals surface area contributed by atoms with E-state index in [1.807, 2.05) is 12.4 Å². The Morgan fingerprint density at radius 3 is 2.47 bits per heavy atom. The molecule has 1 aliphatic rings. The summed E-state index contributed by atoms with van der Waals surface area (Å²) >= 11 is 0. The molecule has 1 aromatic heterocycles. The van der Waals surface area contributed by atoms with Gasteiger partial charge >= 0.3 is 6.01 Å². The minimum Gasteiger partial charge on any atom is -0.460 e. The summed E-state index contributed by atoms with van der Waals surface area (Å²) in [5, 5.41) is 0. The molecule has 2 rings (SSSR count). The molecule has 0 aliphatic heterocycles. The van der Waals surface area contributed by atoms with Crippen molar-refractivity contribution in [2.75, 3.05) is 0 Å². The molecule has 17 heavy (non-hydrogen) atoms. The fraction of sp³-hybridized carbons (Fsp3) is 0.615. The van der Waals surface area contributed by atoms with E-state index in [0.717, 1.165) is 37.7 Å². The Balaban J connectivity index is 1.87. The number of hydrogen-bond donors (Lipinski definition) is 0. The zero-order valence-electron chi connectivity index (χ0n) is 10.1. The quantitative estimate of drug-likeness (QED) is 0.751. The Labute approximate surface area is 102 Å². The van der Waals surface area contributed by atoms with Crippen LogP contribution in [-0.2, 0) is 6.42 Å². The molecule has 0 spiro atoms. The first-order valence-corrected chi connectivity index (χ1v) is 6.16. The van der Waals surface area contributed by atoms with Crippen molar-refractivity contribution in [2.45, 2.75) is 51.2 Å². The molecule has 4 heteroatoms. The average Bonchev–Trinajstić information content (AvgIpc) is 2.40. The number of aryl methyl sites for hydroxylation is 1. The molecule has 1 saturated carbocycles. The zero-order chi connectivity index (χ0) is 12.1. The predicted octanol–water partition coefficient (Wildman–Crippen LogP) is 2.65. The lowest BCUT2D eigenvalue weighted by molar-refractivity contribution is 0.139. The first-order valence-electron chi connectivity index (χ1n) is 6.16. The van der Waals surface area contributed by atoms with Crippen molar-refractivity contribution < 1.29 is 4.74 Å². The summed E-state index contributed by atoms with van der Waals surface area (Å²) < 4.78 is 5.72. The summed E-state index contributed by atoms with van der Waals surface area (Å²) in [4.78, 5) is 12.0. The smallest absolute Gasteiger partial charge is 0.316 e. The maximum atomic E-state index is 6.99. The lowest BCUT2D eigenvalue weighted by atomic mass is 9.94. The number of nitrogens with zero attached hydrogens (tertiary/aromatic N) is 3. The summed E-state index contributed by atoms with van der Waals surface area (Å²) in [6.07, 6.45) is 8.48. The van der Waals surface area contributed by atoms with Gasteiger partial charge in [-0.15, -0.1) is 0 Å². The van der Waals surface area contributed by atoms with Crippen LogP contribution in [0.1, 0.15) is 38.2 Å². The maximum absolute atomic E-state index is 6.99. The minimum absolute atomic E-state index is 0.181. The van der Waals surface area contributed by atoms with E-state index in [4.69, 9.17) is 11.3 Å². The lowest BCUT2D eigenvalue weighted by Crippen LogP contribution is -2.25. The van der Waals surface area contributed by atoms with Crippen LogP contribution in [0, 0.1) is 6.57 Å². The highest BCUT2D eigenvalue weighted by atomic mass is 16.5. The number of hydrogen-bond acceptors (Lipinski definition) is 3. The van der Waals surface area contributed by atoms with E-state index in [1.165, 1.54) is 0 Å². The van der Waals surface area contributed by atoms with Crippen LogP contribution in [0.5, 0.6) is 6.01 Å². The molecule has 0 aromatic carbocycles. The largest absolute Gasteiger partial charge is 0.460 e. The van der Waals surface area contributed by atoms with Crippen molar-refractivity contribution in [3.05, 3.63) is 29.4 Å². The highest BCUT2D eigenvalue weighted by Gasteiger charge is 2.25. The Kier molecular flexibility index (Phi) is 3.92. The monoisotopic (exact) mass is 231 g/mol. The van der Waals surface area contributed by atoms with Gasteiger partial charge in [0.15, 0.2) is 0 Å². The number of aromatic nitrogens is 2. The number of ether oxygens (including phenoxy) is 1. The van der Waals surface area contributed by atoms with Crippen LogP contribution in [0.25, 0.3) is 4.85 Å². The van der Waals surface area contributed by atoms with E-state index in [1.54, 1.807) is 0 Å². The van der Waals surface area contributed by atoms with Gasteiger partial charge in [-0.1, -0.05) is 6.92 Å². The molecule has 0 N–H and O–H groups in total. The van der Waals surface area contributed by atoms with Gasteiger partial charge in [-0.25, -0.2) is 16.5 Å². The van der Waals surface area contributed by atoms with Crippen LogP contribution in [-0.4, -0.2) is 22.1 Å². The van der Waals surface area contributed by atoms with Crippen molar-refractivity contribution >= 4 is 0 Å². The molecule has 90 valence electrons. The summed E-state index contributed by atoms with van der Waals surface area (Å²) in [5.41, 5.74) is 1.12. The molecule has 1 fully saturated rings. The van der Waals surface area contributed by atoms with Gasteiger partial charge in [0.2, 0.25) is 6.04 Å². The van der Waals surface area contributed by atoms with Crippen LogP contribution in [0.15, 0.2) is 12.4 Å². The fourth-order valence-corrected chi connectivity index (χ4v) is 2.03. The first kappa shape index (κ1) is 11.8. The molecule has 1 aliphatic carbocycles. The first-order chi connectivity index (χ1) is 8.31. The molecule has 1 aromatic rings. The van der Waals surface area contributed by atoms with Crippen molar-refractivity contribution in [1.82, 2.24) is 9.97 Å². The lowest BCUT2D eigenvalue weighted by Gasteiger charge is -2.22. The predicted molar refractivity (Wildman–Crippen MR) is 64.7 cm³/mol. The maximum Gasteiger partial charge on any atom is 0.316 e. The van der Waals surface area contributed by atoms with Crippen LogP contribution in [0.2, 0.25) is 0 Å². The van der Waals surface area contributed by atoms with Crippen molar-refractivity contribution in [3.63, 3.8) is 0 Å². The molecule has 0 radical (unpaired) electrons. The molecule has 0 bridgehead atoms. The molecule has 1 heterocycles. The third-order valence-electron chi connectivity index (χ3n) is 3.19. The Morgan fingerprint density at radius 2 is 1.94 bits per heavy atom. The van der Waals surface area contributed by atoms with Crippen molar-refractivity contribution in [1.29, 1.82) is 0 Å². The topological polar surface area (TPSA) is 39.4 Å². The van der Waals surface area contributed by atoms with E-state index in [2.05, 4.69) is 21.7 Å². The van der Waals surface area contributed by atoms with Gasteiger partial charge in [-0.2, -0.15) is 0 Å². The third kappa shape index (κ3) is 3.16. The van der Waals surface area contributed by atoms with E-state index >= 15 is 0 Å². The van der Waals surface area contributed by atoms with Crippen LogP contribution in [0.3, 0.4) is 0 Å². The average molecular weight is 231 g/mol. The molecular formula is C13H17N3O. The highest BCUT2D eigenvalue weighted by Crippen LogP contribution is 2.23. The molecule has 0 atom stereocenters. The summed E-state index contributed by atoms with van der Waals surface area (Å²) in [6, 6.07) is 0.659. The molecule has 0 unspecified atom stereocenters. The highest BCUT2D eigenvalue weighted by molar-refractivity contribution is 5.07. The van der Waals surface area contributed by atoms with Crippen molar-refractivity contribution in [3.8, 4) is 6.01 Å². The van der Waals surface area contributed by atoms with Gasteiger partial charge in [0.1, 0.15) is 6.10 Å². The third-order valence-corrected chi connectivity index (χ3v) is 3.19. The second-order valence-electron chi connectivity index (χ2n) is 4.40. The zero-order valence-corrected chi connectivity index (χ0v) is 10.1.